The van der Waals surface area contributed by atoms with Gasteiger partial charge in [-0.1, -0.05) is 0 Å². The van der Waals surface area contributed by atoms with Crippen molar-refractivity contribution in [3.63, 3.8) is 0 Å². The normalized spacial score (nSPS) is 25.7. The molecule has 0 aliphatic heterocycles. The highest BCUT2D eigenvalue weighted by atomic mass is 16.5. The van der Waals surface area contributed by atoms with Crippen molar-refractivity contribution in [3.8, 4) is 0 Å². The molecule has 0 bridgehead atoms. The molecule has 1 aliphatic rings. The Bertz CT molecular complexity index is 228. The number of carbonyl (C=O) groups is 1. The number of ether oxygens (including phenoxy) is 2. The summed E-state index contributed by atoms with van der Waals surface area (Å²) >= 11 is 0. The maximum absolute atomic E-state index is 11.2. The number of hydrogen-bond donors (Lipinski definition) is 0. The molecule has 1 aliphatic carbocycles. The van der Waals surface area contributed by atoms with E-state index in [1.807, 2.05) is 20.8 Å². The first-order chi connectivity index (χ1) is 6.83. The minimum Gasteiger partial charge on any atom is -0.453 e. The smallest absolute Gasteiger partial charge is 0.409 e. The summed E-state index contributed by atoms with van der Waals surface area (Å²) in [6, 6.07) is 0.268. The van der Waals surface area contributed by atoms with Gasteiger partial charge in [-0.3, -0.25) is 0 Å². The molecule has 0 unspecified atom stereocenters. The van der Waals surface area contributed by atoms with Gasteiger partial charge in [-0.05, 0) is 33.6 Å². The Morgan fingerprint density at radius 1 is 1.33 bits per heavy atom. The average molecular weight is 215 g/mol. The van der Waals surface area contributed by atoms with Gasteiger partial charge in [0.15, 0.2) is 0 Å². The van der Waals surface area contributed by atoms with Gasteiger partial charge in [0.2, 0.25) is 0 Å². The Morgan fingerprint density at radius 2 is 1.87 bits per heavy atom. The van der Waals surface area contributed by atoms with Crippen molar-refractivity contribution in [2.24, 2.45) is 0 Å². The molecule has 0 radical (unpaired) electrons. The molecule has 88 valence electrons. The van der Waals surface area contributed by atoms with Gasteiger partial charge < -0.3 is 14.4 Å². The quantitative estimate of drug-likeness (QED) is 0.707. The standard InChI is InChI=1S/C11H21NO3/c1-11(2,3)15-9-6-8(7-9)12(4)10(13)14-5/h8-9H,6-7H2,1-5H3. The highest BCUT2D eigenvalue weighted by Gasteiger charge is 2.37. The molecule has 1 rings (SSSR count). The second-order valence-electron chi connectivity index (χ2n) is 5.06. The zero-order valence-corrected chi connectivity index (χ0v) is 10.2. The third-order valence-corrected chi connectivity index (χ3v) is 2.60. The predicted octanol–water partition coefficient (Wildman–Crippen LogP) is 2.03. The first-order valence-electron chi connectivity index (χ1n) is 5.32. The molecule has 0 aromatic heterocycles. The van der Waals surface area contributed by atoms with Crippen LogP contribution < -0.4 is 0 Å². The van der Waals surface area contributed by atoms with Crippen LogP contribution in [0.4, 0.5) is 4.79 Å². The summed E-state index contributed by atoms with van der Waals surface area (Å²) in [5.74, 6) is 0. The lowest BCUT2D eigenvalue weighted by Gasteiger charge is -2.42. The zero-order chi connectivity index (χ0) is 11.6. The Balaban J connectivity index is 2.28. The minimum absolute atomic E-state index is 0.0977. The largest absolute Gasteiger partial charge is 0.453 e. The second kappa shape index (κ2) is 4.39. The van der Waals surface area contributed by atoms with Crippen molar-refractivity contribution < 1.29 is 14.3 Å². The molecule has 0 aromatic carbocycles. The van der Waals surface area contributed by atoms with E-state index in [9.17, 15) is 4.79 Å². The van der Waals surface area contributed by atoms with Gasteiger partial charge >= 0.3 is 6.09 Å². The van der Waals surface area contributed by atoms with Gasteiger partial charge in [0.05, 0.1) is 18.8 Å². The van der Waals surface area contributed by atoms with Gasteiger partial charge in [-0.15, -0.1) is 0 Å². The zero-order valence-electron chi connectivity index (χ0n) is 10.2. The minimum atomic E-state index is -0.269. The Hall–Kier alpha value is -0.770. The Morgan fingerprint density at radius 3 is 2.27 bits per heavy atom. The van der Waals surface area contributed by atoms with Crippen LogP contribution in [0, 0.1) is 0 Å². The van der Waals surface area contributed by atoms with Crippen LogP contribution in [0.3, 0.4) is 0 Å². The summed E-state index contributed by atoms with van der Waals surface area (Å²) < 4.78 is 10.4. The monoisotopic (exact) mass is 215 g/mol. The third kappa shape index (κ3) is 3.38. The first-order valence-corrected chi connectivity index (χ1v) is 5.32. The fourth-order valence-electron chi connectivity index (χ4n) is 1.74. The third-order valence-electron chi connectivity index (χ3n) is 2.60. The Kier molecular flexibility index (Phi) is 3.60. The molecule has 0 aromatic rings. The van der Waals surface area contributed by atoms with Crippen LogP contribution in [0.2, 0.25) is 0 Å². The molecule has 1 amide bonds. The van der Waals surface area contributed by atoms with E-state index in [-0.39, 0.29) is 23.8 Å². The molecule has 4 heteroatoms. The van der Waals surface area contributed by atoms with E-state index in [0.717, 1.165) is 12.8 Å². The lowest BCUT2D eigenvalue weighted by molar-refractivity contribution is -0.114. The maximum atomic E-state index is 11.2. The lowest BCUT2D eigenvalue weighted by Crippen LogP contribution is -2.50. The highest BCUT2D eigenvalue weighted by molar-refractivity contribution is 5.67. The number of carbonyl (C=O) groups excluding carboxylic acids is 1. The lowest BCUT2D eigenvalue weighted by atomic mass is 9.87. The molecule has 1 saturated carbocycles. The molecule has 0 atom stereocenters. The van der Waals surface area contributed by atoms with Gasteiger partial charge in [0, 0.05) is 13.1 Å². The maximum Gasteiger partial charge on any atom is 0.409 e. The van der Waals surface area contributed by atoms with Gasteiger partial charge in [-0.25, -0.2) is 4.79 Å². The summed E-state index contributed by atoms with van der Waals surface area (Å²) in [7, 11) is 3.17. The number of methoxy groups -OCH3 is 1. The molecular formula is C11H21NO3. The molecule has 0 N–H and O–H groups in total. The summed E-state index contributed by atoms with van der Waals surface area (Å²) in [5.41, 5.74) is -0.0977. The van der Waals surface area contributed by atoms with Crippen LogP contribution in [0.25, 0.3) is 0 Å². The first kappa shape index (κ1) is 12.3. The fraction of sp³-hybridized carbons (Fsp3) is 0.909. The van der Waals surface area contributed by atoms with E-state index in [1.54, 1.807) is 11.9 Å². The molecule has 15 heavy (non-hydrogen) atoms. The molecular weight excluding hydrogens is 194 g/mol. The molecule has 0 heterocycles. The van der Waals surface area contributed by atoms with Crippen molar-refractivity contribution in [2.45, 2.75) is 51.4 Å². The summed E-state index contributed by atoms with van der Waals surface area (Å²) in [5, 5.41) is 0. The van der Waals surface area contributed by atoms with Crippen molar-refractivity contribution in [2.75, 3.05) is 14.2 Å². The van der Waals surface area contributed by atoms with E-state index >= 15 is 0 Å². The van der Waals surface area contributed by atoms with Crippen LogP contribution in [0.15, 0.2) is 0 Å². The van der Waals surface area contributed by atoms with E-state index in [1.165, 1.54) is 7.11 Å². The van der Waals surface area contributed by atoms with Crippen molar-refractivity contribution in [3.05, 3.63) is 0 Å². The predicted molar refractivity (Wildman–Crippen MR) is 57.8 cm³/mol. The SMILES string of the molecule is COC(=O)N(C)C1CC(OC(C)(C)C)C1. The van der Waals surface area contributed by atoms with Crippen LogP contribution in [-0.4, -0.2) is 42.9 Å². The number of amides is 1. The van der Waals surface area contributed by atoms with E-state index in [2.05, 4.69) is 4.74 Å². The molecule has 0 spiro atoms. The van der Waals surface area contributed by atoms with Crippen molar-refractivity contribution in [1.29, 1.82) is 0 Å². The molecule has 1 fully saturated rings. The fourth-order valence-corrected chi connectivity index (χ4v) is 1.74. The van der Waals surface area contributed by atoms with Crippen molar-refractivity contribution in [1.82, 2.24) is 4.90 Å². The Labute approximate surface area is 91.5 Å². The van der Waals surface area contributed by atoms with Crippen LogP contribution >= 0.6 is 0 Å². The summed E-state index contributed by atoms with van der Waals surface area (Å²) in [6.07, 6.45) is 1.82. The highest BCUT2D eigenvalue weighted by Crippen LogP contribution is 2.30. The van der Waals surface area contributed by atoms with Crippen LogP contribution in [0.5, 0.6) is 0 Å². The topological polar surface area (TPSA) is 38.8 Å². The van der Waals surface area contributed by atoms with Gasteiger partial charge in [-0.2, -0.15) is 0 Å². The molecule has 0 saturated heterocycles. The van der Waals surface area contributed by atoms with E-state index < -0.39 is 0 Å². The van der Waals surface area contributed by atoms with E-state index in [0.29, 0.717) is 0 Å². The summed E-state index contributed by atoms with van der Waals surface area (Å²) in [4.78, 5) is 12.8. The van der Waals surface area contributed by atoms with Gasteiger partial charge in [0.1, 0.15) is 0 Å². The average Bonchev–Trinajstić information content (AvgIpc) is 2.06. The van der Waals surface area contributed by atoms with E-state index in [4.69, 9.17) is 4.74 Å². The van der Waals surface area contributed by atoms with Gasteiger partial charge in [0.25, 0.3) is 0 Å². The summed E-state index contributed by atoms with van der Waals surface area (Å²) in [6.45, 7) is 6.14. The number of rotatable bonds is 2. The number of hydrogen-bond acceptors (Lipinski definition) is 3. The number of nitrogens with zero attached hydrogens (tertiary/aromatic N) is 1. The van der Waals surface area contributed by atoms with Crippen LogP contribution in [-0.2, 0) is 9.47 Å². The van der Waals surface area contributed by atoms with Crippen molar-refractivity contribution >= 4 is 6.09 Å². The molecule has 4 nitrogen and oxygen atoms in total. The second-order valence-corrected chi connectivity index (χ2v) is 5.06. The van der Waals surface area contributed by atoms with Crippen LogP contribution in [0.1, 0.15) is 33.6 Å².